The fourth-order valence-electron chi connectivity index (χ4n) is 4.44. The van der Waals surface area contributed by atoms with Gasteiger partial charge in [0, 0.05) is 31.5 Å². The number of fused-ring (bicyclic) bond motifs is 1. The second-order valence-corrected chi connectivity index (χ2v) is 7.50. The van der Waals surface area contributed by atoms with Crippen molar-refractivity contribution in [1.82, 2.24) is 4.90 Å². The highest BCUT2D eigenvalue weighted by atomic mass is 35.5. The summed E-state index contributed by atoms with van der Waals surface area (Å²) >= 11 is 0. The van der Waals surface area contributed by atoms with Crippen LogP contribution in [0.25, 0.3) is 0 Å². The third-order valence-electron chi connectivity index (χ3n) is 5.90. The van der Waals surface area contributed by atoms with Crippen LogP contribution in [0, 0.1) is 5.92 Å². The lowest BCUT2D eigenvalue weighted by atomic mass is 9.84. The van der Waals surface area contributed by atoms with Gasteiger partial charge < -0.3 is 10.6 Å². The molecule has 4 rings (SSSR count). The molecule has 0 bridgehead atoms. The Kier molecular flexibility index (Phi) is 6.00. The van der Waals surface area contributed by atoms with Crippen LogP contribution < -0.4 is 5.73 Å². The highest BCUT2D eigenvalue weighted by molar-refractivity contribution is 5.85. The maximum absolute atomic E-state index is 13.0. The zero-order chi connectivity index (χ0) is 17.2. The van der Waals surface area contributed by atoms with E-state index in [9.17, 15) is 4.79 Å². The van der Waals surface area contributed by atoms with E-state index in [-0.39, 0.29) is 30.3 Å². The molecule has 1 aliphatic heterocycles. The number of nitrogens with zero attached hydrogens (tertiary/aromatic N) is 1. The molecule has 2 N–H and O–H groups in total. The molecule has 3 nitrogen and oxygen atoms in total. The number of nitrogens with two attached hydrogens (primary N) is 1. The number of rotatable bonds is 3. The summed E-state index contributed by atoms with van der Waals surface area (Å²) in [6.45, 7) is 1.49. The third kappa shape index (κ3) is 3.79. The normalized spacial score (nSPS) is 24.7. The van der Waals surface area contributed by atoms with Crippen molar-refractivity contribution in [3.8, 4) is 0 Å². The maximum Gasteiger partial charge on any atom is 0.223 e. The Morgan fingerprint density at radius 2 is 1.77 bits per heavy atom. The molecule has 138 valence electrons. The van der Waals surface area contributed by atoms with Crippen LogP contribution in [-0.2, 0) is 11.3 Å². The Morgan fingerprint density at radius 3 is 2.50 bits per heavy atom. The molecule has 0 spiro atoms. The monoisotopic (exact) mass is 370 g/mol. The van der Waals surface area contributed by atoms with Gasteiger partial charge in [0.2, 0.25) is 5.91 Å². The lowest BCUT2D eigenvalue weighted by Gasteiger charge is -2.36. The van der Waals surface area contributed by atoms with Gasteiger partial charge in [0.15, 0.2) is 0 Å². The molecule has 1 aliphatic carbocycles. The number of carbonyl (C=O) groups is 1. The van der Waals surface area contributed by atoms with Gasteiger partial charge in [-0.1, -0.05) is 61.0 Å². The van der Waals surface area contributed by atoms with Gasteiger partial charge in [0.05, 0.1) is 0 Å². The van der Waals surface area contributed by atoms with Crippen molar-refractivity contribution >= 4 is 18.3 Å². The summed E-state index contributed by atoms with van der Waals surface area (Å²) in [6.07, 6.45) is 3.92. The van der Waals surface area contributed by atoms with E-state index >= 15 is 0 Å². The number of hydrogen-bond acceptors (Lipinski definition) is 2. The number of amides is 1. The predicted molar refractivity (Wildman–Crippen MR) is 107 cm³/mol. The molecule has 0 saturated heterocycles. The van der Waals surface area contributed by atoms with Crippen LogP contribution in [0.1, 0.15) is 48.3 Å². The van der Waals surface area contributed by atoms with Crippen LogP contribution in [-0.4, -0.2) is 23.4 Å². The van der Waals surface area contributed by atoms with E-state index in [1.54, 1.807) is 0 Å². The third-order valence-corrected chi connectivity index (χ3v) is 5.90. The molecular formula is C22H27ClN2O. The van der Waals surface area contributed by atoms with E-state index in [1.165, 1.54) is 16.7 Å². The molecule has 26 heavy (non-hydrogen) atoms. The molecule has 1 heterocycles. The van der Waals surface area contributed by atoms with Crippen LogP contribution in [0.2, 0.25) is 0 Å². The van der Waals surface area contributed by atoms with Crippen LogP contribution in [0.15, 0.2) is 54.6 Å². The zero-order valence-corrected chi connectivity index (χ0v) is 15.8. The second-order valence-electron chi connectivity index (χ2n) is 7.50. The van der Waals surface area contributed by atoms with Crippen LogP contribution in [0.5, 0.6) is 0 Å². The molecule has 1 fully saturated rings. The van der Waals surface area contributed by atoms with Gasteiger partial charge in [-0.15, -0.1) is 12.4 Å². The van der Waals surface area contributed by atoms with E-state index in [2.05, 4.69) is 48.5 Å². The number of hydrogen-bond donors (Lipinski definition) is 1. The summed E-state index contributed by atoms with van der Waals surface area (Å²) < 4.78 is 0. The summed E-state index contributed by atoms with van der Waals surface area (Å²) in [5.74, 6) is 0.880. The molecule has 2 aliphatic rings. The van der Waals surface area contributed by atoms with Crippen molar-refractivity contribution in [2.75, 3.05) is 6.54 Å². The Bertz CT molecular complexity index is 749. The fourth-order valence-corrected chi connectivity index (χ4v) is 4.44. The number of carbonyl (C=O) groups excluding carboxylic acids is 1. The molecule has 3 atom stereocenters. The van der Waals surface area contributed by atoms with Crippen molar-refractivity contribution in [1.29, 1.82) is 0 Å². The summed E-state index contributed by atoms with van der Waals surface area (Å²) in [7, 11) is 0. The van der Waals surface area contributed by atoms with Crippen LogP contribution in [0.4, 0.5) is 0 Å². The first-order chi connectivity index (χ1) is 12.2. The summed E-state index contributed by atoms with van der Waals surface area (Å²) in [6, 6.07) is 19.3. The largest absolute Gasteiger partial charge is 0.337 e. The van der Waals surface area contributed by atoms with Crippen LogP contribution >= 0.6 is 12.4 Å². The summed E-state index contributed by atoms with van der Waals surface area (Å²) in [5, 5.41) is 0. The highest BCUT2D eigenvalue weighted by Crippen LogP contribution is 2.35. The molecule has 2 aromatic rings. The molecule has 2 aromatic carbocycles. The van der Waals surface area contributed by atoms with Crippen molar-refractivity contribution in [3.05, 3.63) is 71.3 Å². The van der Waals surface area contributed by atoms with Gasteiger partial charge in [-0.2, -0.15) is 0 Å². The second kappa shape index (κ2) is 8.24. The predicted octanol–water partition coefficient (Wildman–Crippen LogP) is 4.10. The Hall–Kier alpha value is -1.84. The first-order valence-corrected chi connectivity index (χ1v) is 9.38. The van der Waals surface area contributed by atoms with Crippen molar-refractivity contribution in [2.45, 2.75) is 44.2 Å². The molecule has 4 heteroatoms. The van der Waals surface area contributed by atoms with Gasteiger partial charge in [0.1, 0.15) is 0 Å². The SMILES string of the molecule is Cl.N[C@@H]1CCC[C@H]1CC(=O)N1Cc2ccccc2C(c2ccccc2)C1. The van der Waals surface area contributed by atoms with Crippen molar-refractivity contribution < 1.29 is 4.79 Å². The van der Waals surface area contributed by atoms with E-state index in [0.29, 0.717) is 12.3 Å². The van der Waals surface area contributed by atoms with Gasteiger partial charge in [-0.05, 0) is 35.4 Å². The topological polar surface area (TPSA) is 46.3 Å². The molecule has 1 unspecified atom stereocenters. The first kappa shape index (κ1) is 18.9. The summed E-state index contributed by atoms with van der Waals surface area (Å²) in [4.78, 5) is 15.0. The minimum Gasteiger partial charge on any atom is -0.337 e. The lowest BCUT2D eigenvalue weighted by Crippen LogP contribution is -2.40. The Balaban J connectivity index is 0.00000196. The Morgan fingerprint density at radius 1 is 1.04 bits per heavy atom. The average Bonchev–Trinajstić information content (AvgIpc) is 3.06. The molecule has 1 saturated carbocycles. The van der Waals surface area contributed by atoms with Crippen LogP contribution in [0.3, 0.4) is 0 Å². The molecule has 0 radical (unpaired) electrons. The van der Waals surface area contributed by atoms with Gasteiger partial charge in [-0.25, -0.2) is 0 Å². The smallest absolute Gasteiger partial charge is 0.223 e. The number of benzene rings is 2. The van der Waals surface area contributed by atoms with Crippen molar-refractivity contribution in [2.24, 2.45) is 11.7 Å². The zero-order valence-electron chi connectivity index (χ0n) is 15.0. The molecule has 1 amide bonds. The minimum absolute atomic E-state index is 0. The number of halogens is 1. The fraction of sp³-hybridized carbons (Fsp3) is 0.409. The first-order valence-electron chi connectivity index (χ1n) is 9.38. The quantitative estimate of drug-likeness (QED) is 0.884. The van der Waals surface area contributed by atoms with E-state index < -0.39 is 0 Å². The summed E-state index contributed by atoms with van der Waals surface area (Å²) in [5.41, 5.74) is 10.1. The standard InChI is InChI=1S/C22H26N2O.ClH/c23-21-12-6-10-17(21)13-22(25)24-14-18-9-4-5-11-19(18)20(15-24)16-7-2-1-3-8-16;/h1-5,7-9,11,17,20-21H,6,10,12-15,23H2;1H/t17-,20?,21+;/m0./s1. The molecule has 0 aromatic heterocycles. The van der Waals surface area contributed by atoms with Crippen molar-refractivity contribution in [3.63, 3.8) is 0 Å². The minimum atomic E-state index is 0. The van der Waals surface area contributed by atoms with E-state index in [1.807, 2.05) is 11.0 Å². The van der Waals surface area contributed by atoms with Gasteiger partial charge in [0.25, 0.3) is 0 Å². The highest BCUT2D eigenvalue weighted by Gasteiger charge is 2.32. The Labute approximate surface area is 162 Å². The average molecular weight is 371 g/mol. The van der Waals surface area contributed by atoms with Gasteiger partial charge in [-0.3, -0.25) is 4.79 Å². The van der Waals surface area contributed by atoms with E-state index in [4.69, 9.17) is 5.73 Å². The van der Waals surface area contributed by atoms with Gasteiger partial charge >= 0.3 is 0 Å². The molecular weight excluding hydrogens is 344 g/mol. The lowest BCUT2D eigenvalue weighted by molar-refractivity contribution is -0.133. The maximum atomic E-state index is 13.0. The van der Waals surface area contributed by atoms with E-state index in [0.717, 1.165) is 32.4 Å².